The van der Waals surface area contributed by atoms with Gasteiger partial charge in [-0.25, -0.2) is 18.0 Å². The third-order valence-corrected chi connectivity index (χ3v) is 3.39. The summed E-state index contributed by atoms with van der Waals surface area (Å²) in [6, 6.07) is 1.27. The zero-order valence-electron chi connectivity index (χ0n) is 11.0. The lowest BCUT2D eigenvalue weighted by Gasteiger charge is -2.26. The summed E-state index contributed by atoms with van der Waals surface area (Å²) < 4.78 is 48.9. The van der Waals surface area contributed by atoms with Crippen LogP contribution in [0.4, 0.5) is 13.2 Å². The fraction of sp³-hybridized carbons (Fsp3) is 0.500. The zero-order valence-corrected chi connectivity index (χ0v) is 11.0. The summed E-state index contributed by atoms with van der Waals surface area (Å²) in [6.07, 6.45) is 1.57. The lowest BCUT2D eigenvalue weighted by molar-refractivity contribution is -0.152. The molecule has 0 saturated carbocycles. The first-order valence-corrected chi connectivity index (χ1v) is 6.49. The summed E-state index contributed by atoms with van der Waals surface area (Å²) in [4.78, 5) is 11.8. The Morgan fingerprint density at radius 1 is 1.30 bits per heavy atom. The van der Waals surface area contributed by atoms with Crippen molar-refractivity contribution in [3.8, 4) is 5.75 Å². The van der Waals surface area contributed by atoms with E-state index in [0.29, 0.717) is 31.1 Å². The first-order valence-electron chi connectivity index (χ1n) is 6.49. The first kappa shape index (κ1) is 14.8. The van der Waals surface area contributed by atoms with Crippen LogP contribution in [0.3, 0.4) is 0 Å². The third-order valence-electron chi connectivity index (χ3n) is 3.39. The predicted molar refractivity (Wildman–Crippen MR) is 64.7 cm³/mol. The van der Waals surface area contributed by atoms with Crippen LogP contribution in [0, 0.1) is 23.4 Å². The van der Waals surface area contributed by atoms with E-state index in [-0.39, 0.29) is 5.75 Å². The summed E-state index contributed by atoms with van der Waals surface area (Å²) in [5.74, 6) is -5.06. The van der Waals surface area contributed by atoms with Gasteiger partial charge in [-0.15, -0.1) is 0 Å². The van der Waals surface area contributed by atoms with Gasteiger partial charge in [-0.05, 0) is 18.8 Å². The normalized spacial score (nSPS) is 22.6. The van der Waals surface area contributed by atoms with Gasteiger partial charge in [-0.2, -0.15) is 0 Å². The Morgan fingerprint density at radius 2 is 1.95 bits per heavy atom. The summed E-state index contributed by atoms with van der Waals surface area (Å²) in [6.45, 7) is 2.50. The van der Waals surface area contributed by atoms with E-state index in [9.17, 15) is 18.0 Å². The number of carbonyl (C=O) groups is 1. The highest BCUT2D eigenvalue weighted by molar-refractivity contribution is 5.77. The van der Waals surface area contributed by atoms with Crippen molar-refractivity contribution in [3.63, 3.8) is 0 Å². The lowest BCUT2D eigenvalue weighted by atomic mass is 9.96. The van der Waals surface area contributed by atoms with Gasteiger partial charge in [0.15, 0.2) is 23.6 Å². The zero-order chi connectivity index (χ0) is 14.7. The van der Waals surface area contributed by atoms with Crippen LogP contribution in [-0.2, 0) is 9.53 Å². The number of benzene rings is 1. The second-order valence-corrected chi connectivity index (χ2v) is 4.80. The van der Waals surface area contributed by atoms with Gasteiger partial charge in [0.1, 0.15) is 5.75 Å². The highest BCUT2D eigenvalue weighted by atomic mass is 19.2. The standard InChI is InChI=1S/C14H15F3O3/c1-2-8-3-4-12(19-7-8)14(18)20-9-5-10(15)13(17)11(16)6-9/h5-6,8,12H,2-4,7H2,1H3/t8-,12+/m1/s1. The number of carbonyl (C=O) groups excluding carboxylic acids is 1. The fourth-order valence-electron chi connectivity index (χ4n) is 2.09. The van der Waals surface area contributed by atoms with E-state index in [4.69, 9.17) is 9.47 Å². The van der Waals surface area contributed by atoms with E-state index in [0.717, 1.165) is 12.8 Å². The van der Waals surface area contributed by atoms with Crippen LogP contribution in [-0.4, -0.2) is 18.7 Å². The van der Waals surface area contributed by atoms with Crippen molar-refractivity contribution in [3.05, 3.63) is 29.6 Å². The maximum atomic E-state index is 13.0. The molecule has 110 valence electrons. The molecule has 1 aliphatic heterocycles. The highest BCUT2D eigenvalue weighted by Gasteiger charge is 2.28. The quantitative estimate of drug-likeness (QED) is 0.487. The van der Waals surface area contributed by atoms with Crippen LogP contribution >= 0.6 is 0 Å². The number of esters is 1. The SMILES string of the molecule is CC[C@@H]1CC[C@@H](C(=O)Oc2cc(F)c(F)c(F)c2)OC1. The van der Waals surface area contributed by atoms with E-state index < -0.39 is 29.5 Å². The number of halogens is 3. The number of ether oxygens (including phenoxy) is 2. The Bertz CT molecular complexity index is 473. The Balaban J connectivity index is 1.98. The molecule has 2 rings (SSSR count). The highest BCUT2D eigenvalue weighted by Crippen LogP contribution is 2.24. The second-order valence-electron chi connectivity index (χ2n) is 4.80. The molecule has 1 aromatic rings. The van der Waals surface area contributed by atoms with Crippen LogP contribution in [0.5, 0.6) is 5.75 Å². The molecular formula is C14H15F3O3. The monoisotopic (exact) mass is 288 g/mol. The maximum Gasteiger partial charge on any atom is 0.340 e. The molecule has 3 nitrogen and oxygen atoms in total. The number of hydrogen-bond acceptors (Lipinski definition) is 3. The van der Waals surface area contributed by atoms with E-state index in [1.165, 1.54) is 0 Å². The van der Waals surface area contributed by atoms with Gasteiger partial charge in [0, 0.05) is 12.1 Å². The van der Waals surface area contributed by atoms with E-state index >= 15 is 0 Å². The van der Waals surface area contributed by atoms with Crippen LogP contribution in [0.1, 0.15) is 26.2 Å². The van der Waals surface area contributed by atoms with Crippen molar-refractivity contribution < 1.29 is 27.4 Å². The molecule has 1 aliphatic rings. The average molecular weight is 288 g/mol. The van der Waals surface area contributed by atoms with Gasteiger partial charge in [0.25, 0.3) is 0 Å². The molecule has 0 aromatic heterocycles. The van der Waals surface area contributed by atoms with E-state index in [2.05, 4.69) is 0 Å². The molecule has 0 unspecified atom stereocenters. The van der Waals surface area contributed by atoms with Crippen molar-refractivity contribution in [1.29, 1.82) is 0 Å². The smallest absolute Gasteiger partial charge is 0.340 e. The van der Waals surface area contributed by atoms with Crippen molar-refractivity contribution in [2.45, 2.75) is 32.3 Å². The molecule has 2 atom stereocenters. The minimum Gasteiger partial charge on any atom is -0.424 e. The summed E-state index contributed by atoms with van der Waals surface area (Å²) in [5, 5.41) is 0. The second kappa shape index (κ2) is 6.26. The minimum atomic E-state index is -1.59. The molecule has 20 heavy (non-hydrogen) atoms. The van der Waals surface area contributed by atoms with Gasteiger partial charge in [0.05, 0.1) is 6.61 Å². The summed E-state index contributed by atoms with van der Waals surface area (Å²) >= 11 is 0. The van der Waals surface area contributed by atoms with Crippen LogP contribution < -0.4 is 4.74 Å². The van der Waals surface area contributed by atoms with Crippen molar-refractivity contribution in [2.75, 3.05) is 6.61 Å². The van der Waals surface area contributed by atoms with Crippen LogP contribution in [0.15, 0.2) is 12.1 Å². The predicted octanol–water partition coefficient (Wildman–Crippen LogP) is 3.21. The van der Waals surface area contributed by atoms with Crippen molar-refractivity contribution >= 4 is 5.97 Å². The Kier molecular flexibility index (Phi) is 4.65. The topological polar surface area (TPSA) is 35.5 Å². The third kappa shape index (κ3) is 3.30. The molecule has 1 saturated heterocycles. The molecule has 0 N–H and O–H groups in total. The minimum absolute atomic E-state index is 0.368. The van der Waals surface area contributed by atoms with Crippen LogP contribution in [0.2, 0.25) is 0 Å². The average Bonchev–Trinajstić information content (AvgIpc) is 2.44. The maximum absolute atomic E-state index is 13.0. The molecule has 0 amide bonds. The first-order chi connectivity index (χ1) is 9.51. The molecule has 1 heterocycles. The van der Waals surface area contributed by atoms with E-state index in [1.54, 1.807) is 0 Å². The molecule has 0 spiro atoms. The molecular weight excluding hydrogens is 273 g/mol. The number of rotatable bonds is 3. The van der Waals surface area contributed by atoms with Crippen molar-refractivity contribution in [2.24, 2.45) is 5.92 Å². The van der Waals surface area contributed by atoms with Gasteiger partial charge in [0.2, 0.25) is 0 Å². The molecule has 6 heteroatoms. The van der Waals surface area contributed by atoms with E-state index in [1.807, 2.05) is 6.92 Å². The largest absolute Gasteiger partial charge is 0.424 e. The Morgan fingerprint density at radius 3 is 2.45 bits per heavy atom. The molecule has 1 aromatic carbocycles. The molecule has 0 bridgehead atoms. The Labute approximate surface area is 114 Å². The van der Waals surface area contributed by atoms with Crippen molar-refractivity contribution in [1.82, 2.24) is 0 Å². The van der Waals surface area contributed by atoms with Gasteiger partial charge in [-0.3, -0.25) is 0 Å². The van der Waals surface area contributed by atoms with Gasteiger partial charge >= 0.3 is 5.97 Å². The molecule has 0 radical (unpaired) electrons. The van der Waals surface area contributed by atoms with Gasteiger partial charge < -0.3 is 9.47 Å². The van der Waals surface area contributed by atoms with Crippen LogP contribution in [0.25, 0.3) is 0 Å². The fourth-order valence-corrected chi connectivity index (χ4v) is 2.09. The molecule has 0 aliphatic carbocycles. The van der Waals surface area contributed by atoms with Gasteiger partial charge in [-0.1, -0.05) is 13.3 Å². The molecule has 1 fully saturated rings. The lowest BCUT2D eigenvalue weighted by Crippen LogP contribution is -2.35. The summed E-state index contributed by atoms with van der Waals surface area (Å²) in [7, 11) is 0. The summed E-state index contributed by atoms with van der Waals surface area (Å²) in [5.41, 5.74) is 0. The Hall–Kier alpha value is -1.56. The number of hydrogen-bond donors (Lipinski definition) is 0.